The minimum atomic E-state index is -0.0488. The maximum absolute atomic E-state index is 11.1. The van der Waals surface area contributed by atoms with E-state index in [0.29, 0.717) is 13.0 Å². The van der Waals surface area contributed by atoms with Crippen molar-refractivity contribution in [1.29, 1.82) is 0 Å². The van der Waals surface area contributed by atoms with E-state index in [0.717, 1.165) is 13.0 Å². The first-order valence-electron chi connectivity index (χ1n) is 6.21. The van der Waals surface area contributed by atoms with Crippen molar-refractivity contribution in [1.82, 2.24) is 4.90 Å². The van der Waals surface area contributed by atoms with Crippen LogP contribution in [-0.2, 0) is 9.53 Å². The summed E-state index contributed by atoms with van der Waals surface area (Å²) in [5, 5.41) is 0. The molecule has 1 rings (SSSR count). The van der Waals surface area contributed by atoms with Crippen molar-refractivity contribution in [2.24, 2.45) is 0 Å². The Morgan fingerprint density at radius 3 is 2.47 bits per heavy atom. The Bertz CT molecular complexity index is 174. The predicted octanol–water partition coefficient (Wildman–Crippen LogP) is 2.21. The van der Waals surface area contributed by atoms with Gasteiger partial charge in [-0.25, -0.2) is 0 Å². The fourth-order valence-corrected chi connectivity index (χ4v) is 1.92. The van der Waals surface area contributed by atoms with E-state index in [1.54, 1.807) is 0 Å². The summed E-state index contributed by atoms with van der Waals surface area (Å²) in [6, 6.07) is 0. The standard InChI is InChI=1S/C12H23NO2/c1-2-7-12(14)15-11-10-13-8-5-3-4-6-9-13/h2-11H2,1H3. The highest BCUT2D eigenvalue weighted by Crippen LogP contribution is 2.08. The minimum Gasteiger partial charge on any atom is -0.464 e. The number of esters is 1. The molecule has 0 aliphatic carbocycles. The molecule has 0 aromatic carbocycles. The van der Waals surface area contributed by atoms with Crippen LogP contribution < -0.4 is 0 Å². The van der Waals surface area contributed by atoms with E-state index in [9.17, 15) is 4.79 Å². The van der Waals surface area contributed by atoms with Gasteiger partial charge < -0.3 is 4.74 Å². The van der Waals surface area contributed by atoms with E-state index in [1.165, 1.54) is 38.8 Å². The lowest BCUT2D eigenvalue weighted by Gasteiger charge is -2.19. The van der Waals surface area contributed by atoms with Crippen molar-refractivity contribution >= 4 is 5.97 Å². The third-order valence-electron chi connectivity index (χ3n) is 2.82. The van der Waals surface area contributed by atoms with Gasteiger partial charge >= 0.3 is 5.97 Å². The van der Waals surface area contributed by atoms with Gasteiger partial charge in [0.15, 0.2) is 0 Å². The predicted molar refractivity (Wildman–Crippen MR) is 60.8 cm³/mol. The molecule has 0 atom stereocenters. The van der Waals surface area contributed by atoms with Gasteiger partial charge in [-0.3, -0.25) is 9.69 Å². The third-order valence-corrected chi connectivity index (χ3v) is 2.82. The second-order valence-electron chi connectivity index (χ2n) is 4.23. The number of hydrogen-bond donors (Lipinski definition) is 0. The van der Waals surface area contributed by atoms with E-state index in [-0.39, 0.29) is 5.97 Å². The molecular weight excluding hydrogens is 190 g/mol. The molecule has 0 saturated carbocycles. The molecule has 0 radical (unpaired) electrons. The number of carbonyl (C=O) groups excluding carboxylic acids is 1. The zero-order valence-electron chi connectivity index (χ0n) is 9.83. The Kier molecular flexibility index (Phi) is 6.41. The minimum absolute atomic E-state index is 0.0488. The number of carbonyl (C=O) groups is 1. The van der Waals surface area contributed by atoms with E-state index >= 15 is 0 Å². The van der Waals surface area contributed by atoms with Crippen LogP contribution in [0, 0.1) is 0 Å². The lowest BCUT2D eigenvalue weighted by molar-refractivity contribution is -0.144. The van der Waals surface area contributed by atoms with Crippen LogP contribution in [0.1, 0.15) is 45.4 Å². The van der Waals surface area contributed by atoms with Gasteiger partial charge in [-0.1, -0.05) is 19.8 Å². The van der Waals surface area contributed by atoms with Crippen molar-refractivity contribution in [3.63, 3.8) is 0 Å². The van der Waals surface area contributed by atoms with Crippen LogP contribution in [0.5, 0.6) is 0 Å². The molecule has 0 N–H and O–H groups in total. The van der Waals surface area contributed by atoms with Crippen LogP contribution >= 0.6 is 0 Å². The number of hydrogen-bond acceptors (Lipinski definition) is 3. The first-order chi connectivity index (χ1) is 7.33. The van der Waals surface area contributed by atoms with Crippen LogP contribution in [0.25, 0.3) is 0 Å². The second kappa shape index (κ2) is 7.69. The molecule has 0 unspecified atom stereocenters. The van der Waals surface area contributed by atoms with Gasteiger partial charge in [-0.2, -0.15) is 0 Å². The molecule has 0 bridgehead atoms. The smallest absolute Gasteiger partial charge is 0.305 e. The molecule has 1 aliphatic rings. The van der Waals surface area contributed by atoms with Gasteiger partial charge in [0.05, 0.1) is 0 Å². The average molecular weight is 213 g/mol. The molecule has 0 aromatic heterocycles. The van der Waals surface area contributed by atoms with Gasteiger partial charge in [-0.15, -0.1) is 0 Å². The molecule has 1 aliphatic heterocycles. The van der Waals surface area contributed by atoms with Gasteiger partial charge in [0, 0.05) is 13.0 Å². The highest BCUT2D eigenvalue weighted by atomic mass is 16.5. The summed E-state index contributed by atoms with van der Waals surface area (Å²) in [6.45, 7) is 5.82. The molecule has 88 valence electrons. The third kappa shape index (κ3) is 5.78. The Labute approximate surface area is 92.8 Å². The Morgan fingerprint density at radius 1 is 1.20 bits per heavy atom. The monoisotopic (exact) mass is 213 g/mol. The van der Waals surface area contributed by atoms with Crippen molar-refractivity contribution in [2.45, 2.75) is 45.4 Å². The molecule has 1 fully saturated rings. The number of rotatable bonds is 5. The highest BCUT2D eigenvalue weighted by molar-refractivity contribution is 5.69. The van der Waals surface area contributed by atoms with Gasteiger partial charge in [-0.05, 0) is 32.4 Å². The van der Waals surface area contributed by atoms with Crippen LogP contribution in [0.3, 0.4) is 0 Å². The normalized spacial score (nSPS) is 18.5. The van der Waals surface area contributed by atoms with Crippen LogP contribution in [0.4, 0.5) is 0 Å². The topological polar surface area (TPSA) is 29.5 Å². The first kappa shape index (κ1) is 12.5. The average Bonchev–Trinajstić information content (AvgIpc) is 2.47. The zero-order chi connectivity index (χ0) is 10.9. The number of likely N-dealkylation sites (tertiary alicyclic amines) is 1. The molecule has 0 spiro atoms. The summed E-state index contributed by atoms with van der Waals surface area (Å²) in [6.07, 6.45) is 6.73. The summed E-state index contributed by atoms with van der Waals surface area (Å²) in [5.41, 5.74) is 0. The maximum Gasteiger partial charge on any atom is 0.305 e. The quantitative estimate of drug-likeness (QED) is 0.656. The molecule has 1 saturated heterocycles. The molecule has 0 aromatic rings. The summed E-state index contributed by atoms with van der Waals surface area (Å²) in [5.74, 6) is -0.0488. The fraction of sp³-hybridized carbons (Fsp3) is 0.917. The van der Waals surface area contributed by atoms with E-state index < -0.39 is 0 Å². The van der Waals surface area contributed by atoms with E-state index in [4.69, 9.17) is 4.74 Å². The van der Waals surface area contributed by atoms with E-state index in [1.807, 2.05) is 6.92 Å². The summed E-state index contributed by atoms with van der Waals surface area (Å²) >= 11 is 0. The number of ether oxygens (including phenoxy) is 1. The lowest BCUT2D eigenvalue weighted by Crippen LogP contribution is -2.29. The van der Waals surface area contributed by atoms with Gasteiger partial charge in [0.1, 0.15) is 6.61 Å². The summed E-state index contributed by atoms with van der Waals surface area (Å²) < 4.78 is 5.15. The Hall–Kier alpha value is -0.570. The SMILES string of the molecule is CCCC(=O)OCCN1CCCCCC1. The van der Waals surface area contributed by atoms with Crippen molar-refractivity contribution in [3.8, 4) is 0 Å². The van der Waals surface area contributed by atoms with Crippen LogP contribution in [0.15, 0.2) is 0 Å². The van der Waals surface area contributed by atoms with Gasteiger partial charge in [0.2, 0.25) is 0 Å². The highest BCUT2D eigenvalue weighted by Gasteiger charge is 2.09. The Balaban J connectivity index is 2.05. The summed E-state index contributed by atoms with van der Waals surface area (Å²) in [4.78, 5) is 13.5. The van der Waals surface area contributed by atoms with Crippen LogP contribution in [0.2, 0.25) is 0 Å². The molecule has 1 heterocycles. The van der Waals surface area contributed by atoms with Crippen LogP contribution in [-0.4, -0.2) is 37.1 Å². The lowest BCUT2D eigenvalue weighted by atomic mass is 10.2. The second-order valence-corrected chi connectivity index (χ2v) is 4.23. The van der Waals surface area contributed by atoms with E-state index in [2.05, 4.69) is 4.90 Å². The zero-order valence-corrected chi connectivity index (χ0v) is 9.83. The fourth-order valence-electron chi connectivity index (χ4n) is 1.92. The molecule has 3 nitrogen and oxygen atoms in total. The maximum atomic E-state index is 11.1. The van der Waals surface area contributed by atoms with Crippen molar-refractivity contribution < 1.29 is 9.53 Å². The molecule has 0 amide bonds. The molecular formula is C12H23NO2. The number of nitrogens with zero attached hydrogens (tertiary/aromatic N) is 1. The van der Waals surface area contributed by atoms with Gasteiger partial charge in [0.25, 0.3) is 0 Å². The van der Waals surface area contributed by atoms with Crippen molar-refractivity contribution in [2.75, 3.05) is 26.2 Å². The Morgan fingerprint density at radius 2 is 1.87 bits per heavy atom. The molecule has 15 heavy (non-hydrogen) atoms. The largest absolute Gasteiger partial charge is 0.464 e. The van der Waals surface area contributed by atoms with Crippen molar-refractivity contribution in [3.05, 3.63) is 0 Å². The summed E-state index contributed by atoms with van der Waals surface area (Å²) in [7, 11) is 0. The molecule has 3 heteroatoms. The first-order valence-corrected chi connectivity index (χ1v) is 6.21.